The van der Waals surface area contributed by atoms with Crippen molar-refractivity contribution in [2.75, 3.05) is 42.7 Å². The van der Waals surface area contributed by atoms with E-state index >= 15 is 0 Å². The molecule has 0 aromatic heterocycles. The molecule has 144 valence electrons. The molecule has 8 heteroatoms. The summed E-state index contributed by atoms with van der Waals surface area (Å²) < 4.78 is 34.2. The van der Waals surface area contributed by atoms with Gasteiger partial charge in [-0.25, -0.2) is 0 Å². The third kappa shape index (κ3) is 4.48. The van der Waals surface area contributed by atoms with Crippen LogP contribution in [0.1, 0.15) is 39.5 Å². The molecule has 0 saturated heterocycles. The van der Waals surface area contributed by atoms with Crippen molar-refractivity contribution < 1.29 is 26.6 Å². The molecule has 6 nitrogen and oxygen atoms in total. The van der Waals surface area contributed by atoms with Crippen LogP contribution in [0, 0.1) is 11.8 Å². The van der Waals surface area contributed by atoms with Gasteiger partial charge in [0.05, 0.1) is 0 Å². The van der Waals surface area contributed by atoms with Crippen LogP contribution in [-0.4, -0.2) is 60.3 Å². The average molecular weight is 381 g/mol. The average Bonchev–Trinajstić information content (AvgIpc) is 2.61. The fourth-order valence-electron chi connectivity index (χ4n) is 4.32. The van der Waals surface area contributed by atoms with Crippen molar-refractivity contribution in [1.29, 1.82) is 0 Å². The van der Waals surface area contributed by atoms with Crippen molar-refractivity contribution in [2.24, 2.45) is 11.8 Å². The van der Waals surface area contributed by atoms with Gasteiger partial charge in [0.1, 0.15) is 0 Å². The monoisotopic (exact) mass is 380 g/mol. The van der Waals surface area contributed by atoms with Gasteiger partial charge in [0.25, 0.3) is 0 Å². The molecule has 0 aromatic rings. The van der Waals surface area contributed by atoms with Gasteiger partial charge in [-0.3, -0.25) is 0 Å². The molecule has 24 heavy (non-hydrogen) atoms. The fraction of sp³-hybridized carbons (Fsp3) is 1.00. The van der Waals surface area contributed by atoms with Gasteiger partial charge in [0.15, 0.2) is 0 Å². The van der Waals surface area contributed by atoms with E-state index in [0.29, 0.717) is 17.4 Å². The quantitative estimate of drug-likeness (QED) is 0.542. The van der Waals surface area contributed by atoms with Crippen LogP contribution < -0.4 is 0 Å². The molecule has 0 bridgehead atoms. The summed E-state index contributed by atoms with van der Waals surface area (Å²) in [7, 11) is 4.94. The van der Waals surface area contributed by atoms with Crippen molar-refractivity contribution in [2.45, 2.75) is 50.6 Å². The van der Waals surface area contributed by atoms with Crippen LogP contribution in [0.5, 0.6) is 0 Å². The molecule has 0 amide bonds. The highest BCUT2D eigenvalue weighted by atomic mass is 28.4. The number of hydrogen-bond acceptors (Lipinski definition) is 6. The summed E-state index contributed by atoms with van der Waals surface area (Å²) in [5.41, 5.74) is 0.576. The molecule has 0 spiro atoms. The van der Waals surface area contributed by atoms with Gasteiger partial charge in [-0.15, -0.1) is 0 Å². The fourth-order valence-corrected chi connectivity index (χ4v) is 9.54. The van der Waals surface area contributed by atoms with E-state index in [0.717, 1.165) is 19.3 Å². The Morgan fingerprint density at radius 3 is 1.75 bits per heavy atom. The minimum atomic E-state index is -2.63. The molecule has 1 saturated carbocycles. The predicted octanol–water partition coefficient (Wildman–Crippen LogP) is 3.33. The van der Waals surface area contributed by atoms with Crippen LogP contribution >= 0.6 is 0 Å². The Morgan fingerprint density at radius 1 is 0.833 bits per heavy atom. The van der Waals surface area contributed by atoms with Gasteiger partial charge in [0.2, 0.25) is 0 Å². The summed E-state index contributed by atoms with van der Waals surface area (Å²) in [4.78, 5) is 0. The van der Waals surface area contributed by atoms with Crippen molar-refractivity contribution in [3.05, 3.63) is 0 Å². The summed E-state index contributed by atoms with van der Waals surface area (Å²) in [6, 6.07) is 0. The Bertz CT molecular complexity index is 346. The second-order valence-corrected chi connectivity index (χ2v) is 13.4. The third-order valence-corrected chi connectivity index (χ3v) is 12.3. The van der Waals surface area contributed by atoms with Crippen molar-refractivity contribution in [1.82, 2.24) is 0 Å². The van der Waals surface area contributed by atoms with Crippen molar-refractivity contribution in [3.63, 3.8) is 0 Å². The topological polar surface area (TPSA) is 55.4 Å². The second kappa shape index (κ2) is 9.77. The molecular formula is C16H36O6Si2. The lowest BCUT2D eigenvalue weighted by Crippen LogP contribution is -2.52. The summed E-state index contributed by atoms with van der Waals surface area (Å²) in [6.07, 6.45) is 4.43. The standard InChI is InChI=1S/C16H36O6Si2/c1-13-9-10-15(11-14(2)23(17-3,18-4)19-5)12-16(13)24(20-6,21-7)22-8/h13-16H,9-12H2,1-8H3. The van der Waals surface area contributed by atoms with E-state index in [4.69, 9.17) is 26.6 Å². The van der Waals surface area contributed by atoms with Crippen LogP contribution in [0.2, 0.25) is 11.1 Å². The first-order valence-electron chi connectivity index (χ1n) is 8.69. The molecular weight excluding hydrogens is 344 g/mol. The summed E-state index contributed by atoms with van der Waals surface area (Å²) in [5.74, 6) is 1.11. The molecule has 0 radical (unpaired) electrons. The minimum absolute atomic E-state index is 0.250. The summed E-state index contributed by atoms with van der Waals surface area (Å²) in [5, 5.41) is 0. The van der Waals surface area contributed by atoms with Gasteiger partial charge in [0, 0.05) is 53.7 Å². The first-order chi connectivity index (χ1) is 11.4. The molecule has 0 aromatic carbocycles. The van der Waals surface area contributed by atoms with Gasteiger partial charge >= 0.3 is 17.6 Å². The maximum Gasteiger partial charge on any atom is 0.503 e. The molecule has 1 fully saturated rings. The van der Waals surface area contributed by atoms with Crippen LogP contribution in [-0.2, 0) is 26.6 Å². The first-order valence-corrected chi connectivity index (χ1v) is 12.3. The van der Waals surface area contributed by atoms with Crippen LogP contribution in [0.25, 0.3) is 0 Å². The van der Waals surface area contributed by atoms with E-state index in [2.05, 4.69) is 13.8 Å². The zero-order valence-corrected chi connectivity index (χ0v) is 18.6. The SMILES string of the molecule is CO[Si](OC)(OC)C(C)CC1CCC(C)C([Si](OC)(OC)OC)C1. The Morgan fingerprint density at radius 2 is 1.33 bits per heavy atom. The highest BCUT2D eigenvalue weighted by Crippen LogP contribution is 2.47. The van der Waals surface area contributed by atoms with E-state index in [-0.39, 0.29) is 5.54 Å². The number of hydrogen-bond donors (Lipinski definition) is 0. The molecule has 0 aliphatic heterocycles. The molecule has 0 heterocycles. The summed E-state index contributed by atoms with van der Waals surface area (Å²) >= 11 is 0. The molecule has 1 aliphatic rings. The van der Waals surface area contributed by atoms with E-state index in [1.165, 1.54) is 6.42 Å². The molecule has 0 N–H and O–H groups in total. The van der Waals surface area contributed by atoms with Crippen LogP contribution in [0.4, 0.5) is 0 Å². The third-order valence-electron chi connectivity index (χ3n) is 5.76. The van der Waals surface area contributed by atoms with E-state index < -0.39 is 17.6 Å². The van der Waals surface area contributed by atoms with Gasteiger partial charge in [-0.1, -0.05) is 26.7 Å². The zero-order valence-electron chi connectivity index (χ0n) is 16.6. The highest BCUT2D eigenvalue weighted by Gasteiger charge is 2.53. The molecule has 4 atom stereocenters. The van der Waals surface area contributed by atoms with E-state index in [9.17, 15) is 0 Å². The first kappa shape index (κ1) is 22.2. The minimum Gasteiger partial charge on any atom is -0.377 e. The van der Waals surface area contributed by atoms with Gasteiger partial charge in [-0.05, 0) is 24.7 Å². The second-order valence-electron chi connectivity index (χ2n) is 6.83. The Hall–Kier alpha value is 0.194. The maximum atomic E-state index is 5.76. The van der Waals surface area contributed by atoms with E-state index in [1.54, 1.807) is 42.7 Å². The maximum absolute atomic E-state index is 5.76. The molecule has 1 rings (SSSR count). The molecule has 1 aliphatic carbocycles. The Labute approximate surface area is 149 Å². The Kier molecular flexibility index (Phi) is 9.05. The normalized spacial score (nSPS) is 27.2. The lowest BCUT2D eigenvalue weighted by molar-refractivity contribution is 0.0822. The zero-order chi connectivity index (χ0) is 18.4. The van der Waals surface area contributed by atoms with Gasteiger partial charge in [-0.2, -0.15) is 0 Å². The van der Waals surface area contributed by atoms with Crippen molar-refractivity contribution in [3.8, 4) is 0 Å². The Balaban J connectivity index is 2.85. The lowest BCUT2D eigenvalue weighted by Gasteiger charge is -2.42. The predicted molar refractivity (Wildman–Crippen MR) is 97.9 cm³/mol. The van der Waals surface area contributed by atoms with Gasteiger partial charge < -0.3 is 26.6 Å². The van der Waals surface area contributed by atoms with Crippen LogP contribution in [0.15, 0.2) is 0 Å². The summed E-state index contributed by atoms with van der Waals surface area (Å²) in [6.45, 7) is 4.45. The van der Waals surface area contributed by atoms with Crippen LogP contribution in [0.3, 0.4) is 0 Å². The smallest absolute Gasteiger partial charge is 0.377 e. The molecule has 4 unspecified atom stereocenters. The highest BCUT2D eigenvalue weighted by molar-refractivity contribution is 6.62. The largest absolute Gasteiger partial charge is 0.503 e. The van der Waals surface area contributed by atoms with E-state index in [1.807, 2.05) is 0 Å². The number of rotatable bonds is 10. The van der Waals surface area contributed by atoms with Crippen molar-refractivity contribution >= 4 is 17.6 Å². The lowest BCUT2D eigenvalue weighted by atomic mass is 9.80.